The van der Waals surface area contributed by atoms with Crippen molar-refractivity contribution < 1.29 is 17.9 Å². The number of ether oxygens (including phenoxy) is 1. The topological polar surface area (TPSA) is 85.2 Å². The van der Waals surface area contributed by atoms with Gasteiger partial charge in [0.25, 0.3) is 0 Å². The predicted molar refractivity (Wildman–Crippen MR) is 125 cm³/mol. The highest BCUT2D eigenvalue weighted by Gasteiger charge is 2.19. The summed E-state index contributed by atoms with van der Waals surface area (Å²) in [5.41, 5.74) is 1.59. The zero-order valence-corrected chi connectivity index (χ0v) is 19.7. The van der Waals surface area contributed by atoms with Gasteiger partial charge in [-0.2, -0.15) is 5.11 Å². The second-order valence-electron chi connectivity index (χ2n) is 7.22. The lowest BCUT2D eigenvalue weighted by Crippen LogP contribution is -2.13. The van der Waals surface area contributed by atoms with Gasteiger partial charge >= 0.3 is 5.97 Å². The molecule has 0 aromatic heterocycles. The van der Waals surface area contributed by atoms with Crippen molar-refractivity contribution in [2.24, 2.45) is 16.1 Å². The van der Waals surface area contributed by atoms with Crippen LogP contribution in [0.3, 0.4) is 0 Å². The van der Waals surface area contributed by atoms with Crippen LogP contribution in [0, 0.1) is 5.92 Å². The molecule has 1 atom stereocenters. The van der Waals surface area contributed by atoms with Crippen LogP contribution in [-0.2, 0) is 19.4 Å². The highest BCUT2D eigenvalue weighted by atomic mass is 32.2. The maximum absolute atomic E-state index is 12.8. The van der Waals surface area contributed by atoms with E-state index in [2.05, 4.69) is 16.8 Å². The SMILES string of the molecule is C=C(C)C(=O)OCCSc1cc(S(=O)(=O)C[C@H](C)CC)ccc1N=Nc1ccccc1. The van der Waals surface area contributed by atoms with Crippen LogP contribution < -0.4 is 0 Å². The van der Waals surface area contributed by atoms with E-state index in [1.807, 2.05) is 44.2 Å². The van der Waals surface area contributed by atoms with Gasteiger partial charge in [0.15, 0.2) is 9.84 Å². The summed E-state index contributed by atoms with van der Waals surface area (Å²) >= 11 is 1.37. The maximum Gasteiger partial charge on any atom is 0.333 e. The molecule has 2 rings (SSSR count). The first-order valence-electron chi connectivity index (χ1n) is 10.0. The molecule has 31 heavy (non-hydrogen) atoms. The van der Waals surface area contributed by atoms with Crippen molar-refractivity contribution in [2.45, 2.75) is 37.0 Å². The van der Waals surface area contributed by atoms with E-state index < -0.39 is 15.8 Å². The minimum absolute atomic E-state index is 0.0695. The Bertz CT molecular complexity index is 1030. The average Bonchev–Trinajstić information content (AvgIpc) is 2.75. The van der Waals surface area contributed by atoms with Crippen molar-refractivity contribution in [1.82, 2.24) is 0 Å². The molecule has 0 saturated carbocycles. The Balaban J connectivity index is 2.26. The summed E-state index contributed by atoms with van der Waals surface area (Å²) in [6.45, 7) is 9.21. The maximum atomic E-state index is 12.8. The first-order chi connectivity index (χ1) is 14.7. The third-order valence-electron chi connectivity index (χ3n) is 4.44. The summed E-state index contributed by atoms with van der Waals surface area (Å²) in [5, 5.41) is 8.54. The van der Waals surface area contributed by atoms with Crippen LogP contribution in [0.5, 0.6) is 0 Å². The number of hydrogen-bond acceptors (Lipinski definition) is 7. The molecule has 0 saturated heterocycles. The van der Waals surface area contributed by atoms with Crippen LogP contribution in [0.4, 0.5) is 11.4 Å². The third kappa shape index (κ3) is 7.95. The average molecular weight is 461 g/mol. The molecule has 0 aliphatic heterocycles. The van der Waals surface area contributed by atoms with Gasteiger partial charge in [-0.3, -0.25) is 0 Å². The number of benzene rings is 2. The molecule has 166 valence electrons. The summed E-state index contributed by atoms with van der Waals surface area (Å²) in [4.78, 5) is 12.5. The molecule has 2 aromatic rings. The Kier molecular flexibility index (Phi) is 9.45. The second-order valence-corrected chi connectivity index (χ2v) is 10.4. The molecule has 0 aliphatic rings. The minimum Gasteiger partial charge on any atom is -0.461 e. The summed E-state index contributed by atoms with van der Waals surface area (Å²) in [6, 6.07) is 14.2. The minimum atomic E-state index is -3.42. The Labute approximate surface area is 188 Å². The lowest BCUT2D eigenvalue weighted by molar-refractivity contribution is -0.138. The van der Waals surface area contributed by atoms with Gasteiger partial charge in [0.2, 0.25) is 0 Å². The van der Waals surface area contributed by atoms with E-state index in [0.717, 1.165) is 6.42 Å². The highest BCUT2D eigenvalue weighted by Crippen LogP contribution is 2.34. The van der Waals surface area contributed by atoms with Crippen LogP contribution in [0.1, 0.15) is 27.2 Å². The summed E-state index contributed by atoms with van der Waals surface area (Å²) < 4.78 is 30.7. The normalized spacial score (nSPS) is 12.6. The van der Waals surface area contributed by atoms with Crippen molar-refractivity contribution in [2.75, 3.05) is 18.1 Å². The Morgan fingerprint density at radius 1 is 1.16 bits per heavy atom. The van der Waals surface area contributed by atoms with Crippen molar-refractivity contribution in [3.05, 3.63) is 60.7 Å². The number of esters is 1. The van der Waals surface area contributed by atoms with E-state index in [9.17, 15) is 13.2 Å². The van der Waals surface area contributed by atoms with Gasteiger partial charge in [-0.15, -0.1) is 16.9 Å². The second kappa shape index (κ2) is 11.8. The Morgan fingerprint density at radius 2 is 1.87 bits per heavy atom. The number of thioether (sulfide) groups is 1. The summed E-state index contributed by atoms with van der Waals surface area (Å²) in [6.07, 6.45) is 0.790. The zero-order valence-electron chi connectivity index (χ0n) is 18.1. The van der Waals surface area contributed by atoms with E-state index in [1.54, 1.807) is 25.1 Å². The van der Waals surface area contributed by atoms with Gasteiger partial charge in [0.05, 0.1) is 22.0 Å². The van der Waals surface area contributed by atoms with E-state index in [0.29, 0.717) is 27.6 Å². The van der Waals surface area contributed by atoms with Crippen LogP contribution >= 0.6 is 11.8 Å². The van der Waals surface area contributed by atoms with Crippen LogP contribution in [-0.4, -0.2) is 32.5 Å². The first kappa shape index (κ1) is 24.8. The molecule has 0 aliphatic carbocycles. The molecule has 6 nitrogen and oxygen atoms in total. The van der Waals surface area contributed by atoms with Crippen molar-refractivity contribution >= 4 is 38.9 Å². The van der Waals surface area contributed by atoms with E-state index in [1.165, 1.54) is 11.8 Å². The number of nitrogens with zero attached hydrogens (tertiary/aromatic N) is 2. The van der Waals surface area contributed by atoms with Gasteiger partial charge < -0.3 is 4.74 Å². The van der Waals surface area contributed by atoms with Gasteiger partial charge in [0.1, 0.15) is 6.61 Å². The van der Waals surface area contributed by atoms with Crippen molar-refractivity contribution in [3.8, 4) is 0 Å². The molecule has 8 heteroatoms. The molecule has 0 amide bonds. The molecule has 2 aromatic carbocycles. The highest BCUT2D eigenvalue weighted by molar-refractivity contribution is 7.99. The smallest absolute Gasteiger partial charge is 0.333 e. The fourth-order valence-corrected chi connectivity index (χ4v) is 5.17. The largest absolute Gasteiger partial charge is 0.461 e. The summed E-state index contributed by atoms with van der Waals surface area (Å²) in [5.74, 6) is 0.158. The number of carbonyl (C=O) groups is 1. The number of hydrogen-bond donors (Lipinski definition) is 0. The molecular formula is C23H28N2O4S2. The van der Waals surface area contributed by atoms with Gasteiger partial charge in [0, 0.05) is 16.2 Å². The zero-order chi connectivity index (χ0) is 22.9. The standard InChI is InChI=1S/C23H28N2O4S2/c1-5-18(4)16-31(27,28)20-11-12-21(25-24-19-9-7-6-8-10-19)22(15-20)30-14-13-29-23(26)17(2)3/h6-12,15,18H,2,5,13-14,16H2,1,3-4H3/t18-/m1/s1. The number of carbonyl (C=O) groups excluding carboxylic acids is 1. The molecule has 0 fully saturated rings. The van der Waals surface area contributed by atoms with E-state index >= 15 is 0 Å². The van der Waals surface area contributed by atoms with E-state index in [-0.39, 0.29) is 23.2 Å². The van der Waals surface area contributed by atoms with E-state index in [4.69, 9.17) is 4.74 Å². The fourth-order valence-electron chi connectivity index (χ4n) is 2.49. The lowest BCUT2D eigenvalue weighted by atomic mass is 10.2. The van der Waals surface area contributed by atoms with Crippen LogP contribution in [0.15, 0.2) is 80.7 Å². The quantitative estimate of drug-likeness (QED) is 0.132. The third-order valence-corrected chi connectivity index (χ3v) is 7.43. The molecule has 0 bridgehead atoms. The molecule has 0 N–H and O–H groups in total. The van der Waals surface area contributed by atoms with Crippen LogP contribution in [0.2, 0.25) is 0 Å². The molecule has 0 heterocycles. The van der Waals surface area contributed by atoms with Gasteiger partial charge in [-0.25, -0.2) is 13.2 Å². The van der Waals surface area contributed by atoms with Crippen LogP contribution in [0.25, 0.3) is 0 Å². The molecule has 0 spiro atoms. The monoisotopic (exact) mass is 460 g/mol. The number of azo groups is 1. The summed E-state index contributed by atoms with van der Waals surface area (Å²) in [7, 11) is -3.42. The number of rotatable bonds is 11. The molecular weight excluding hydrogens is 432 g/mol. The van der Waals surface area contributed by atoms with Gasteiger partial charge in [-0.05, 0) is 43.2 Å². The fraction of sp³-hybridized carbons (Fsp3) is 0.348. The Morgan fingerprint density at radius 3 is 2.52 bits per heavy atom. The van der Waals surface area contributed by atoms with Crippen molar-refractivity contribution in [1.29, 1.82) is 0 Å². The number of sulfone groups is 1. The molecule has 0 unspecified atom stereocenters. The Hall–Kier alpha value is -2.45. The first-order valence-corrected chi connectivity index (χ1v) is 12.7. The lowest BCUT2D eigenvalue weighted by Gasteiger charge is -2.12. The predicted octanol–water partition coefficient (Wildman–Crippen LogP) is 6.13. The van der Waals surface area contributed by atoms with Gasteiger partial charge in [-0.1, -0.05) is 45.0 Å². The molecule has 0 radical (unpaired) electrons. The van der Waals surface area contributed by atoms with Crippen molar-refractivity contribution in [3.63, 3.8) is 0 Å².